The van der Waals surface area contributed by atoms with Gasteiger partial charge < -0.3 is 9.30 Å². The molecule has 0 aliphatic carbocycles. The van der Waals surface area contributed by atoms with Gasteiger partial charge in [-0.15, -0.1) is 6.42 Å². The van der Waals surface area contributed by atoms with Crippen molar-refractivity contribution in [1.82, 2.24) is 4.57 Å². The number of hydrogen-bond donors (Lipinski definition) is 0. The lowest BCUT2D eigenvalue weighted by Crippen LogP contribution is -2.17. The molecule has 132 valence electrons. The monoisotopic (exact) mass is 364 g/mol. The molecular formula is C21H20N2O2S. The highest BCUT2D eigenvalue weighted by molar-refractivity contribution is 7.16. The standard InChI is InChI=1S/C21H20N2O2S/c1-5-10-23-17-8-6-14(2)11-19(17)26-21(23)22-20(24)13-16-7-9-18(25-4)15(3)12-16/h1,6-9,11-12H,10,13H2,2-4H3. The second-order valence-corrected chi connectivity index (χ2v) is 7.14. The molecule has 1 amide bonds. The Labute approximate surface area is 156 Å². The zero-order valence-corrected chi connectivity index (χ0v) is 15.9. The van der Waals surface area contributed by atoms with Gasteiger partial charge >= 0.3 is 0 Å². The Morgan fingerprint density at radius 1 is 1.27 bits per heavy atom. The number of methoxy groups -OCH3 is 1. The number of carbonyl (C=O) groups is 1. The van der Waals surface area contributed by atoms with E-state index in [-0.39, 0.29) is 12.3 Å². The molecule has 0 radical (unpaired) electrons. The molecule has 0 aliphatic heterocycles. The number of carbonyl (C=O) groups excluding carboxylic acids is 1. The molecule has 2 aromatic carbocycles. The Hall–Kier alpha value is -2.84. The molecule has 3 aromatic rings. The minimum Gasteiger partial charge on any atom is -0.496 e. The van der Waals surface area contributed by atoms with E-state index < -0.39 is 0 Å². The molecule has 1 heterocycles. The first-order valence-electron chi connectivity index (χ1n) is 8.26. The van der Waals surface area contributed by atoms with E-state index in [1.54, 1.807) is 7.11 Å². The van der Waals surface area contributed by atoms with Crippen LogP contribution < -0.4 is 9.54 Å². The predicted molar refractivity (Wildman–Crippen MR) is 105 cm³/mol. The van der Waals surface area contributed by atoms with E-state index in [1.165, 1.54) is 11.3 Å². The summed E-state index contributed by atoms with van der Waals surface area (Å²) in [4.78, 5) is 17.5. The molecule has 0 atom stereocenters. The van der Waals surface area contributed by atoms with Gasteiger partial charge in [-0.05, 0) is 48.7 Å². The molecule has 5 heteroatoms. The van der Waals surface area contributed by atoms with Crippen molar-refractivity contribution >= 4 is 27.5 Å². The average Bonchev–Trinajstić information content (AvgIpc) is 2.91. The Bertz CT molecular complexity index is 1080. The summed E-state index contributed by atoms with van der Waals surface area (Å²) < 4.78 is 8.25. The number of nitrogens with zero attached hydrogens (tertiary/aromatic N) is 2. The summed E-state index contributed by atoms with van der Waals surface area (Å²) in [5, 5.41) is 0. The number of thiazole rings is 1. The van der Waals surface area contributed by atoms with Gasteiger partial charge in [0.2, 0.25) is 0 Å². The minimum absolute atomic E-state index is 0.191. The Balaban J connectivity index is 1.96. The number of fused-ring (bicyclic) bond motifs is 1. The van der Waals surface area contributed by atoms with Crippen molar-refractivity contribution in [3.05, 3.63) is 57.9 Å². The molecular weight excluding hydrogens is 344 g/mol. The van der Waals surface area contributed by atoms with Crippen LogP contribution in [0.4, 0.5) is 0 Å². The van der Waals surface area contributed by atoms with Crippen molar-refractivity contribution < 1.29 is 9.53 Å². The number of amides is 1. The second-order valence-electron chi connectivity index (χ2n) is 6.13. The normalized spacial score (nSPS) is 11.5. The van der Waals surface area contributed by atoms with Gasteiger partial charge in [0.25, 0.3) is 5.91 Å². The summed E-state index contributed by atoms with van der Waals surface area (Å²) in [6, 6.07) is 11.9. The molecule has 0 fully saturated rings. The quantitative estimate of drug-likeness (QED) is 0.664. The first-order valence-corrected chi connectivity index (χ1v) is 9.08. The maximum Gasteiger partial charge on any atom is 0.252 e. The highest BCUT2D eigenvalue weighted by atomic mass is 32.1. The topological polar surface area (TPSA) is 43.6 Å². The van der Waals surface area contributed by atoms with Crippen molar-refractivity contribution in [2.24, 2.45) is 4.99 Å². The van der Waals surface area contributed by atoms with Crippen LogP contribution >= 0.6 is 11.3 Å². The number of benzene rings is 2. The molecule has 4 nitrogen and oxygen atoms in total. The van der Waals surface area contributed by atoms with Crippen LogP contribution in [0.3, 0.4) is 0 Å². The molecule has 0 spiro atoms. The molecule has 0 aliphatic rings. The van der Waals surface area contributed by atoms with Crippen molar-refractivity contribution in [2.75, 3.05) is 7.11 Å². The van der Waals surface area contributed by atoms with Gasteiger partial charge in [-0.2, -0.15) is 4.99 Å². The van der Waals surface area contributed by atoms with E-state index in [4.69, 9.17) is 11.2 Å². The fraction of sp³-hybridized carbons (Fsp3) is 0.238. The van der Waals surface area contributed by atoms with E-state index >= 15 is 0 Å². The number of hydrogen-bond acceptors (Lipinski definition) is 3. The molecule has 0 N–H and O–H groups in total. The number of terminal acetylenes is 1. The third-order valence-electron chi connectivity index (χ3n) is 4.12. The summed E-state index contributed by atoms with van der Waals surface area (Å²) in [7, 11) is 1.63. The third-order valence-corrected chi connectivity index (χ3v) is 5.16. The van der Waals surface area contributed by atoms with Crippen LogP contribution in [-0.4, -0.2) is 17.6 Å². The van der Waals surface area contributed by atoms with E-state index in [2.05, 4.69) is 17.0 Å². The summed E-state index contributed by atoms with van der Waals surface area (Å²) in [5.41, 5.74) is 4.08. The van der Waals surface area contributed by atoms with E-state index in [9.17, 15) is 4.79 Å². The lowest BCUT2D eigenvalue weighted by molar-refractivity contribution is -0.117. The first kappa shape index (κ1) is 18.0. The van der Waals surface area contributed by atoms with Crippen LogP contribution in [0.5, 0.6) is 5.75 Å². The molecule has 0 saturated heterocycles. The minimum atomic E-state index is -0.191. The summed E-state index contributed by atoms with van der Waals surface area (Å²) in [6.07, 6.45) is 5.75. The average molecular weight is 364 g/mol. The van der Waals surface area contributed by atoms with Crippen LogP contribution in [-0.2, 0) is 17.8 Å². The molecule has 0 unspecified atom stereocenters. The highest BCUT2D eigenvalue weighted by Gasteiger charge is 2.09. The van der Waals surface area contributed by atoms with Gasteiger partial charge in [0.1, 0.15) is 5.75 Å². The summed E-state index contributed by atoms with van der Waals surface area (Å²) >= 11 is 1.49. The Morgan fingerprint density at radius 2 is 2.08 bits per heavy atom. The van der Waals surface area contributed by atoms with Gasteiger partial charge in [0, 0.05) is 0 Å². The van der Waals surface area contributed by atoms with Crippen molar-refractivity contribution in [2.45, 2.75) is 26.8 Å². The number of aromatic nitrogens is 1. The molecule has 0 bridgehead atoms. The number of rotatable bonds is 4. The molecule has 26 heavy (non-hydrogen) atoms. The highest BCUT2D eigenvalue weighted by Crippen LogP contribution is 2.20. The number of ether oxygens (including phenoxy) is 1. The lowest BCUT2D eigenvalue weighted by Gasteiger charge is -2.06. The third kappa shape index (κ3) is 3.71. The van der Waals surface area contributed by atoms with Crippen LogP contribution in [0, 0.1) is 26.2 Å². The zero-order valence-electron chi connectivity index (χ0n) is 15.1. The summed E-state index contributed by atoms with van der Waals surface area (Å²) in [5.74, 6) is 3.26. The smallest absolute Gasteiger partial charge is 0.252 e. The maximum absolute atomic E-state index is 12.5. The van der Waals surface area contributed by atoms with E-state index in [0.717, 1.165) is 32.7 Å². The SMILES string of the molecule is C#CCn1c(=NC(=O)Cc2ccc(OC)c(C)c2)sc2cc(C)ccc21. The van der Waals surface area contributed by atoms with Crippen molar-refractivity contribution in [1.29, 1.82) is 0 Å². The van der Waals surface area contributed by atoms with Gasteiger partial charge in [-0.25, -0.2) is 0 Å². The molecule has 3 rings (SSSR count). The van der Waals surface area contributed by atoms with Gasteiger partial charge in [-0.1, -0.05) is 35.5 Å². The van der Waals surface area contributed by atoms with E-state index in [1.807, 2.05) is 48.7 Å². The molecule has 0 saturated carbocycles. The number of aryl methyl sites for hydroxylation is 2. The van der Waals surface area contributed by atoms with E-state index in [0.29, 0.717) is 11.3 Å². The Morgan fingerprint density at radius 3 is 2.77 bits per heavy atom. The van der Waals surface area contributed by atoms with Crippen molar-refractivity contribution in [3.63, 3.8) is 0 Å². The fourth-order valence-electron chi connectivity index (χ4n) is 2.88. The predicted octanol–water partition coefficient (Wildman–Crippen LogP) is 3.63. The van der Waals surface area contributed by atoms with Crippen LogP contribution in [0.25, 0.3) is 10.2 Å². The summed E-state index contributed by atoms with van der Waals surface area (Å²) in [6.45, 7) is 4.38. The largest absolute Gasteiger partial charge is 0.496 e. The van der Waals surface area contributed by atoms with Crippen LogP contribution in [0.2, 0.25) is 0 Å². The second kappa shape index (κ2) is 7.59. The molecule has 1 aromatic heterocycles. The lowest BCUT2D eigenvalue weighted by atomic mass is 10.1. The first-order chi connectivity index (χ1) is 12.5. The maximum atomic E-state index is 12.5. The zero-order chi connectivity index (χ0) is 18.7. The van der Waals surface area contributed by atoms with Crippen molar-refractivity contribution in [3.8, 4) is 18.1 Å². The van der Waals surface area contributed by atoms with Gasteiger partial charge in [0.15, 0.2) is 4.80 Å². The fourth-order valence-corrected chi connectivity index (χ4v) is 4.03. The van der Waals surface area contributed by atoms with Crippen LogP contribution in [0.15, 0.2) is 41.4 Å². The van der Waals surface area contributed by atoms with Crippen LogP contribution in [0.1, 0.15) is 16.7 Å². The van der Waals surface area contributed by atoms with Gasteiger partial charge in [0.05, 0.1) is 30.3 Å². The Kier molecular flexibility index (Phi) is 5.24. The van der Waals surface area contributed by atoms with Gasteiger partial charge in [-0.3, -0.25) is 4.79 Å².